The number of rotatable bonds is 2. The van der Waals surface area contributed by atoms with Crippen molar-refractivity contribution in [1.82, 2.24) is 10.2 Å². The lowest BCUT2D eigenvalue weighted by molar-refractivity contribution is 0.0895. The zero-order valence-electron chi connectivity index (χ0n) is 11.6. The molecule has 2 bridgehead atoms. The third-order valence-corrected chi connectivity index (χ3v) is 5.15. The highest BCUT2D eigenvalue weighted by Crippen LogP contribution is 2.34. The summed E-state index contributed by atoms with van der Waals surface area (Å²) in [6.45, 7) is 4.57. The number of halogens is 1. The first-order valence-corrected chi connectivity index (χ1v) is 7.82. The molecule has 2 aliphatic rings. The first-order chi connectivity index (χ1) is 9.16. The highest BCUT2D eigenvalue weighted by atomic mass is 79.9. The maximum Gasteiger partial charge on any atom is 0.0510 e. The fourth-order valence-corrected chi connectivity index (χ4v) is 4.35. The van der Waals surface area contributed by atoms with Gasteiger partial charge in [0.2, 0.25) is 0 Å². The summed E-state index contributed by atoms with van der Waals surface area (Å²) in [4.78, 5) is 4.98. The Bertz CT molecular complexity index is 435. The van der Waals surface area contributed by atoms with E-state index in [0.29, 0.717) is 0 Å². The number of piperidine rings is 2. The van der Waals surface area contributed by atoms with Crippen LogP contribution in [0.3, 0.4) is 0 Å². The molecule has 2 heterocycles. The lowest BCUT2D eigenvalue weighted by Crippen LogP contribution is -2.63. The van der Waals surface area contributed by atoms with Crippen molar-refractivity contribution in [2.45, 2.75) is 6.04 Å². The summed E-state index contributed by atoms with van der Waals surface area (Å²) in [6, 6.07) is 9.30. The Morgan fingerprint density at radius 2 is 1.79 bits per heavy atom. The topological polar surface area (TPSA) is 18.5 Å². The second-order valence-corrected chi connectivity index (χ2v) is 6.84. The number of benzene rings is 1. The van der Waals surface area contributed by atoms with Crippen molar-refractivity contribution in [3.63, 3.8) is 0 Å². The summed E-state index contributed by atoms with van der Waals surface area (Å²) in [6.07, 6.45) is 0. The summed E-state index contributed by atoms with van der Waals surface area (Å²) in [5, 5.41) is 3.59. The SMILES string of the molecule is CN(C)C1C2CNCC1CN(c1ccccc1Br)C2. The zero-order chi connectivity index (χ0) is 13.4. The van der Waals surface area contributed by atoms with Gasteiger partial charge in [-0.05, 0) is 42.2 Å². The maximum atomic E-state index is 3.69. The van der Waals surface area contributed by atoms with Gasteiger partial charge in [-0.2, -0.15) is 0 Å². The summed E-state index contributed by atoms with van der Waals surface area (Å²) in [7, 11) is 4.45. The van der Waals surface area contributed by atoms with Gasteiger partial charge in [-0.1, -0.05) is 12.1 Å². The van der Waals surface area contributed by atoms with Crippen LogP contribution >= 0.6 is 15.9 Å². The Hall–Kier alpha value is -0.580. The maximum absolute atomic E-state index is 3.69. The highest BCUT2D eigenvalue weighted by Gasteiger charge is 2.40. The molecule has 0 saturated carbocycles. The average Bonchev–Trinajstić information content (AvgIpc) is 2.37. The Labute approximate surface area is 124 Å². The molecular weight excluding hydrogens is 302 g/mol. The van der Waals surface area contributed by atoms with Crippen LogP contribution in [0.25, 0.3) is 0 Å². The summed E-state index contributed by atoms with van der Waals surface area (Å²) >= 11 is 3.69. The average molecular weight is 324 g/mol. The third kappa shape index (κ3) is 2.54. The van der Waals surface area contributed by atoms with E-state index in [1.165, 1.54) is 10.2 Å². The van der Waals surface area contributed by atoms with Crippen LogP contribution in [0.4, 0.5) is 5.69 Å². The van der Waals surface area contributed by atoms with Gasteiger partial charge in [0, 0.05) is 48.5 Å². The lowest BCUT2D eigenvalue weighted by atomic mass is 9.79. The van der Waals surface area contributed by atoms with Crippen LogP contribution in [0.15, 0.2) is 28.7 Å². The molecule has 0 aromatic heterocycles. The molecule has 0 spiro atoms. The molecule has 2 unspecified atom stereocenters. The number of fused-ring (bicyclic) bond motifs is 2. The quantitative estimate of drug-likeness (QED) is 0.898. The van der Waals surface area contributed by atoms with Crippen molar-refractivity contribution >= 4 is 21.6 Å². The first-order valence-electron chi connectivity index (χ1n) is 7.03. The molecule has 2 saturated heterocycles. The molecule has 19 heavy (non-hydrogen) atoms. The number of para-hydroxylation sites is 1. The fraction of sp³-hybridized carbons (Fsp3) is 0.600. The number of nitrogens with one attached hydrogen (secondary N) is 1. The van der Waals surface area contributed by atoms with Crippen molar-refractivity contribution in [1.29, 1.82) is 0 Å². The Morgan fingerprint density at radius 1 is 1.16 bits per heavy atom. The predicted octanol–water partition coefficient (Wildman–Crippen LogP) is 2.03. The number of hydrogen-bond donors (Lipinski definition) is 1. The second-order valence-electron chi connectivity index (χ2n) is 5.99. The second kappa shape index (κ2) is 5.43. The van der Waals surface area contributed by atoms with Gasteiger partial charge in [0.25, 0.3) is 0 Å². The van der Waals surface area contributed by atoms with Crippen LogP contribution < -0.4 is 10.2 Å². The molecule has 0 aliphatic carbocycles. The van der Waals surface area contributed by atoms with Crippen LogP contribution in [-0.4, -0.2) is 51.2 Å². The fourth-order valence-electron chi connectivity index (χ4n) is 3.81. The number of anilines is 1. The van der Waals surface area contributed by atoms with Crippen molar-refractivity contribution in [2.24, 2.45) is 11.8 Å². The van der Waals surface area contributed by atoms with E-state index in [1.54, 1.807) is 0 Å². The first kappa shape index (κ1) is 13.4. The van der Waals surface area contributed by atoms with Crippen LogP contribution in [-0.2, 0) is 0 Å². The smallest absolute Gasteiger partial charge is 0.0510 e. The van der Waals surface area contributed by atoms with E-state index in [4.69, 9.17) is 0 Å². The number of hydrogen-bond acceptors (Lipinski definition) is 3. The van der Waals surface area contributed by atoms with E-state index in [-0.39, 0.29) is 0 Å². The molecule has 4 heteroatoms. The molecular formula is C15H22BrN3. The molecule has 3 rings (SSSR count). The monoisotopic (exact) mass is 323 g/mol. The van der Waals surface area contributed by atoms with E-state index >= 15 is 0 Å². The van der Waals surface area contributed by atoms with Crippen LogP contribution in [0, 0.1) is 11.8 Å². The van der Waals surface area contributed by atoms with Gasteiger partial charge < -0.3 is 15.1 Å². The summed E-state index contributed by atoms with van der Waals surface area (Å²) in [5.74, 6) is 1.43. The third-order valence-electron chi connectivity index (χ3n) is 4.48. The Balaban J connectivity index is 1.84. The Morgan fingerprint density at radius 3 is 2.37 bits per heavy atom. The van der Waals surface area contributed by atoms with Gasteiger partial charge in [0.1, 0.15) is 0 Å². The molecule has 1 N–H and O–H groups in total. The molecule has 3 nitrogen and oxygen atoms in total. The Kier molecular flexibility index (Phi) is 3.83. The normalized spacial score (nSPS) is 30.7. The van der Waals surface area contributed by atoms with Crippen molar-refractivity contribution < 1.29 is 0 Å². The molecule has 2 atom stereocenters. The van der Waals surface area contributed by atoms with Gasteiger partial charge in [-0.25, -0.2) is 0 Å². The molecule has 1 aromatic rings. The molecule has 1 aromatic carbocycles. The van der Waals surface area contributed by atoms with Crippen molar-refractivity contribution in [3.8, 4) is 0 Å². The largest absolute Gasteiger partial charge is 0.370 e. The molecule has 0 amide bonds. The summed E-state index contributed by atoms with van der Waals surface area (Å²) in [5.41, 5.74) is 1.34. The van der Waals surface area contributed by atoms with Crippen LogP contribution in [0.5, 0.6) is 0 Å². The molecule has 2 aliphatic heterocycles. The van der Waals surface area contributed by atoms with E-state index in [0.717, 1.165) is 44.1 Å². The molecule has 0 radical (unpaired) electrons. The number of nitrogens with zero attached hydrogens (tertiary/aromatic N) is 2. The van der Waals surface area contributed by atoms with Crippen LogP contribution in [0.2, 0.25) is 0 Å². The van der Waals surface area contributed by atoms with Crippen molar-refractivity contribution in [2.75, 3.05) is 45.2 Å². The minimum Gasteiger partial charge on any atom is -0.370 e. The van der Waals surface area contributed by atoms with Gasteiger partial charge in [0.15, 0.2) is 0 Å². The molecule has 104 valence electrons. The van der Waals surface area contributed by atoms with E-state index in [2.05, 4.69) is 69.4 Å². The van der Waals surface area contributed by atoms with Gasteiger partial charge >= 0.3 is 0 Å². The highest BCUT2D eigenvalue weighted by molar-refractivity contribution is 9.10. The van der Waals surface area contributed by atoms with E-state index in [1.807, 2.05) is 0 Å². The minimum absolute atomic E-state index is 0.717. The van der Waals surface area contributed by atoms with Gasteiger partial charge in [-0.3, -0.25) is 0 Å². The van der Waals surface area contributed by atoms with Gasteiger partial charge in [0.05, 0.1) is 5.69 Å². The van der Waals surface area contributed by atoms with E-state index in [9.17, 15) is 0 Å². The lowest BCUT2D eigenvalue weighted by Gasteiger charge is -2.51. The predicted molar refractivity (Wildman–Crippen MR) is 83.7 cm³/mol. The van der Waals surface area contributed by atoms with E-state index < -0.39 is 0 Å². The van der Waals surface area contributed by atoms with Crippen LogP contribution in [0.1, 0.15) is 0 Å². The van der Waals surface area contributed by atoms with Crippen molar-refractivity contribution in [3.05, 3.63) is 28.7 Å². The minimum atomic E-state index is 0.717. The molecule has 2 fully saturated rings. The standard InChI is InChI=1S/C15H22BrN3/c1-18(2)15-11-7-17-8-12(15)10-19(9-11)14-6-4-3-5-13(14)16/h3-6,11-12,15,17H,7-10H2,1-2H3. The summed E-state index contributed by atoms with van der Waals surface area (Å²) < 4.78 is 1.21. The van der Waals surface area contributed by atoms with Gasteiger partial charge in [-0.15, -0.1) is 0 Å². The zero-order valence-corrected chi connectivity index (χ0v) is 13.2.